The zero-order valence-corrected chi connectivity index (χ0v) is 11.2. The first kappa shape index (κ1) is 14.7. The molecule has 0 aromatic heterocycles. The van der Waals surface area contributed by atoms with Gasteiger partial charge in [0.05, 0.1) is 6.54 Å². The third-order valence-corrected chi connectivity index (χ3v) is 3.15. The van der Waals surface area contributed by atoms with E-state index in [1.807, 2.05) is 0 Å². The van der Waals surface area contributed by atoms with Gasteiger partial charge in [0.25, 0.3) is 5.91 Å². The number of nitrogens with one attached hydrogen (secondary N) is 1. The highest BCUT2D eigenvalue weighted by molar-refractivity contribution is 5.94. The fourth-order valence-electron chi connectivity index (χ4n) is 1.91. The van der Waals surface area contributed by atoms with E-state index in [9.17, 15) is 19.8 Å². The molecular formula is C16H15NO4. The van der Waals surface area contributed by atoms with Crippen LogP contribution in [0.5, 0.6) is 0 Å². The fraction of sp³-hybridized carbons (Fsp3) is 0.125. The van der Waals surface area contributed by atoms with E-state index in [-0.39, 0.29) is 5.56 Å². The fourth-order valence-corrected chi connectivity index (χ4v) is 1.91. The summed E-state index contributed by atoms with van der Waals surface area (Å²) in [4.78, 5) is 23.3. The molecule has 0 spiro atoms. The summed E-state index contributed by atoms with van der Waals surface area (Å²) in [5.41, 5.74) is -1.55. The van der Waals surface area contributed by atoms with Crippen molar-refractivity contribution >= 4 is 11.9 Å². The van der Waals surface area contributed by atoms with Gasteiger partial charge in [0.2, 0.25) is 5.60 Å². The zero-order chi connectivity index (χ0) is 15.3. The van der Waals surface area contributed by atoms with Crippen LogP contribution in [0.3, 0.4) is 0 Å². The van der Waals surface area contributed by atoms with Gasteiger partial charge in [0.1, 0.15) is 0 Å². The molecule has 3 N–H and O–H groups in total. The maximum absolute atomic E-state index is 11.9. The molecule has 0 aliphatic rings. The van der Waals surface area contributed by atoms with Crippen LogP contribution in [0.2, 0.25) is 0 Å². The molecule has 0 saturated carbocycles. The summed E-state index contributed by atoms with van der Waals surface area (Å²) < 4.78 is 0. The van der Waals surface area contributed by atoms with E-state index < -0.39 is 24.0 Å². The molecule has 5 nitrogen and oxygen atoms in total. The SMILES string of the molecule is O=C(NCC(O)(C(=O)O)c1ccccc1)c1ccccc1. The third-order valence-electron chi connectivity index (χ3n) is 3.15. The average molecular weight is 285 g/mol. The lowest BCUT2D eigenvalue weighted by Gasteiger charge is -2.24. The topological polar surface area (TPSA) is 86.6 Å². The first-order chi connectivity index (χ1) is 10.0. The molecule has 0 heterocycles. The molecule has 0 aliphatic heterocycles. The summed E-state index contributed by atoms with van der Waals surface area (Å²) in [5.74, 6) is -1.85. The minimum atomic E-state index is -2.16. The first-order valence-electron chi connectivity index (χ1n) is 6.38. The Bertz CT molecular complexity index is 627. The van der Waals surface area contributed by atoms with Gasteiger partial charge >= 0.3 is 5.97 Å². The normalized spacial score (nSPS) is 13.2. The van der Waals surface area contributed by atoms with Crippen LogP contribution in [0, 0.1) is 0 Å². The van der Waals surface area contributed by atoms with E-state index in [1.54, 1.807) is 48.5 Å². The van der Waals surface area contributed by atoms with Crippen LogP contribution in [0.1, 0.15) is 15.9 Å². The van der Waals surface area contributed by atoms with Crippen LogP contribution in [0.15, 0.2) is 60.7 Å². The first-order valence-corrected chi connectivity index (χ1v) is 6.38. The minimum Gasteiger partial charge on any atom is -0.479 e. The summed E-state index contributed by atoms with van der Waals surface area (Å²) in [6, 6.07) is 16.4. The van der Waals surface area contributed by atoms with Crippen molar-refractivity contribution in [2.45, 2.75) is 5.60 Å². The number of hydrogen-bond donors (Lipinski definition) is 3. The number of rotatable bonds is 5. The summed E-state index contributed by atoms with van der Waals surface area (Å²) in [6.45, 7) is -0.417. The molecule has 21 heavy (non-hydrogen) atoms. The zero-order valence-electron chi connectivity index (χ0n) is 11.2. The molecule has 1 atom stereocenters. The van der Waals surface area contributed by atoms with Crippen molar-refractivity contribution in [3.8, 4) is 0 Å². The number of carbonyl (C=O) groups is 2. The second-order valence-electron chi connectivity index (χ2n) is 4.58. The van der Waals surface area contributed by atoms with Gasteiger partial charge in [0, 0.05) is 5.56 Å². The second kappa shape index (κ2) is 6.19. The second-order valence-corrected chi connectivity index (χ2v) is 4.58. The molecule has 0 aliphatic carbocycles. The van der Waals surface area contributed by atoms with Gasteiger partial charge in [0.15, 0.2) is 0 Å². The Hall–Kier alpha value is -2.66. The molecular weight excluding hydrogens is 270 g/mol. The molecule has 0 fully saturated rings. The number of aliphatic carboxylic acids is 1. The number of carboxylic acid groups (broad SMARTS) is 1. The average Bonchev–Trinajstić information content (AvgIpc) is 2.53. The van der Waals surface area contributed by atoms with Gasteiger partial charge < -0.3 is 15.5 Å². The van der Waals surface area contributed by atoms with Crippen LogP contribution in [0.25, 0.3) is 0 Å². The smallest absolute Gasteiger partial charge is 0.342 e. The van der Waals surface area contributed by atoms with E-state index in [2.05, 4.69) is 5.32 Å². The van der Waals surface area contributed by atoms with Crippen molar-refractivity contribution in [3.05, 3.63) is 71.8 Å². The molecule has 1 unspecified atom stereocenters. The summed E-state index contributed by atoms with van der Waals surface area (Å²) in [5, 5.41) is 22.1. The molecule has 5 heteroatoms. The molecule has 1 amide bonds. The predicted molar refractivity (Wildman–Crippen MR) is 76.7 cm³/mol. The highest BCUT2D eigenvalue weighted by Crippen LogP contribution is 2.20. The number of carbonyl (C=O) groups excluding carboxylic acids is 1. The van der Waals surface area contributed by atoms with Gasteiger partial charge in [-0.15, -0.1) is 0 Å². The highest BCUT2D eigenvalue weighted by atomic mass is 16.4. The van der Waals surface area contributed by atoms with Crippen molar-refractivity contribution in [1.29, 1.82) is 0 Å². The van der Waals surface area contributed by atoms with Gasteiger partial charge in [-0.3, -0.25) is 4.79 Å². The Morgan fingerprint density at radius 2 is 1.48 bits per heavy atom. The molecule has 2 aromatic carbocycles. The van der Waals surface area contributed by atoms with Crippen LogP contribution in [0.4, 0.5) is 0 Å². The third kappa shape index (κ3) is 3.27. The highest BCUT2D eigenvalue weighted by Gasteiger charge is 2.38. The van der Waals surface area contributed by atoms with Gasteiger partial charge in [-0.1, -0.05) is 48.5 Å². The van der Waals surface area contributed by atoms with E-state index in [4.69, 9.17) is 0 Å². The van der Waals surface area contributed by atoms with E-state index >= 15 is 0 Å². The number of aliphatic hydroxyl groups is 1. The molecule has 0 bridgehead atoms. The van der Waals surface area contributed by atoms with E-state index in [1.165, 1.54) is 12.1 Å². The Morgan fingerprint density at radius 1 is 0.952 bits per heavy atom. The summed E-state index contributed by atoms with van der Waals surface area (Å²) >= 11 is 0. The largest absolute Gasteiger partial charge is 0.479 e. The quantitative estimate of drug-likeness (QED) is 0.774. The number of carboxylic acids is 1. The molecule has 0 saturated heterocycles. The van der Waals surface area contributed by atoms with Crippen molar-refractivity contribution in [2.75, 3.05) is 6.54 Å². The van der Waals surface area contributed by atoms with Crippen molar-refractivity contribution < 1.29 is 19.8 Å². The number of hydrogen-bond acceptors (Lipinski definition) is 3. The van der Waals surface area contributed by atoms with E-state index in [0.29, 0.717) is 5.56 Å². The monoisotopic (exact) mass is 285 g/mol. The number of benzene rings is 2. The van der Waals surface area contributed by atoms with Crippen LogP contribution >= 0.6 is 0 Å². The number of amides is 1. The van der Waals surface area contributed by atoms with Gasteiger partial charge in [-0.2, -0.15) is 0 Å². The molecule has 2 aromatic rings. The molecule has 0 radical (unpaired) electrons. The Morgan fingerprint density at radius 3 is 2.00 bits per heavy atom. The van der Waals surface area contributed by atoms with Crippen molar-refractivity contribution in [1.82, 2.24) is 5.32 Å². The maximum Gasteiger partial charge on any atom is 0.342 e. The Balaban J connectivity index is 2.15. The lowest BCUT2D eigenvalue weighted by molar-refractivity contribution is -0.159. The predicted octanol–water partition coefficient (Wildman–Crippen LogP) is 1.39. The van der Waals surface area contributed by atoms with E-state index in [0.717, 1.165) is 0 Å². The van der Waals surface area contributed by atoms with Gasteiger partial charge in [-0.05, 0) is 17.7 Å². The van der Waals surface area contributed by atoms with Gasteiger partial charge in [-0.25, -0.2) is 4.79 Å². The summed E-state index contributed by atoms with van der Waals surface area (Å²) in [7, 11) is 0. The lowest BCUT2D eigenvalue weighted by atomic mass is 9.94. The van der Waals surface area contributed by atoms with Crippen molar-refractivity contribution in [3.63, 3.8) is 0 Å². The van der Waals surface area contributed by atoms with Crippen LogP contribution in [-0.2, 0) is 10.4 Å². The lowest BCUT2D eigenvalue weighted by Crippen LogP contribution is -2.46. The molecule has 2 rings (SSSR count). The summed E-state index contributed by atoms with van der Waals surface area (Å²) in [6.07, 6.45) is 0. The van der Waals surface area contributed by atoms with Crippen LogP contribution in [-0.4, -0.2) is 28.6 Å². The maximum atomic E-state index is 11.9. The Labute approximate surface area is 121 Å². The standard InChI is InChI=1S/C16H15NO4/c18-14(12-7-3-1-4-8-12)17-11-16(21,15(19)20)13-9-5-2-6-10-13/h1-10,21H,11H2,(H,17,18)(H,19,20). The van der Waals surface area contributed by atoms with Crippen LogP contribution < -0.4 is 5.32 Å². The van der Waals surface area contributed by atoms with Crippen molar-refractivity contribution in [2.24, 2.45) is 0 Å². The molecule has 108 valence electrons. The minimum absolute atomic E-state index is 0.214. The Kier molecular flexibility index (Phi) is 4.35.